The van der Waals surface area contributed by atoms with E-state index in [0.717, 1.165) is 6.20 Å². The van der Waals surface area contributed by atoms with Crippen LogP contribution >= 0.6 is 23.2 Å². The van der Waals surface area contributed by atoms with E-state index in [2.05, 4.69) is 15.5 Å². The van der Waals surface area contributed by atoms with Crippen molar-refractivity contribution in [2.45, 2.75) is 6.61 Å². The summed E-state index contributed by atoms with van der Waals surface area (Å²) in [6.07, 6.45) is 2.56. The van der Waals surface area contributed by atoms with Crippen LogP contribution in [0.3, 0.4) is 0 Å². The molecule has 0 bridgehead atoms. The Kier molecular flexibility index (Phi) is 6.58. The smallest absolute Gasteiger partial charge is 0.287 e. The Bertz CT molecular complexity index is 1040. The summed E-state index contributed by atoms with van der Waals surface area (Å²) in [6, 6.07) is 12.1. The second-order valence-corrected chi connectivity index (χ2v) is 6.54. The normalized spacial score (nSPS) is 10.9. The third-order valence-electron chi connectivity index (χ3n) is 3.70. The largest absolute Gasteiger partial charge is 0.486 e. The SMILES string of the molecule is O=[N+]([O-])c1ccc(NN=Cc2cc(Cl)c(OCc3ccccc3F)c(Cl)c2)nc1. The molecular formula is C19H13Cl2FN4O3. The maximum absolute atomic E-state index is 13.7. The molecule has 0 saturated carbocycles. The molecule has 0 fully saturated rings. The molecule has 1 aromatic heterocycles. The zero-order chi connectivity index (χ0) is 20.8. The summed E-state index contributed by atoms with van der Waals surface area (Å²) in [7, 11) is 0. The lowest BCUT2D eigenvalue weighted by Crippen LogP contribution is -2.00. The lowest BCUT2D eigenvalue weighted by Gasteiger charge is -2.11. The number of hydrogen-bond donors (Lipinski definition) is 1. The zero-order valence-electron chi connectivity index (χ0n) is 14.7. The van der Waals surface area contributed by atoms with Crippen molar-refractivity contribution in [1.29, 1.82) is 0 Å². The minimum Gasteiger partial charge on any atom is -0.486 e. The molecule has 0 amide bonds. The van der Waals surface area contributed by atoms with Crippen LogP contribution in [-0.2, 0) is 6.61 Å². The summed E-state index contributed by atoms with van der Waals surface area (Å²) in [6.45, 7) is -0.0209. The zero-order valence-corrected chi connectivity index (χ0v) is 16.2. The predicted octanol–water partition coefficient (Wildman–Crippen LogP) is 5.46. The Hall–Kier alpha value is -3.23. The maximum atomic E-state index is 13.7. The van der Waals surface area contributed by atoms with E-state index in [1.807, 2.05) is 0 Å². The van der Waals surface area contributed by atoms with Gasteiger partial charge in [-0.25, -0.2) is 9.37 Å². The van der Waals surface area contributed by atoms with Gasteiger partial charge in [0.05, 0.1) is 21.2 Å². The number of nitro groups is 1. The van der Waals surface area contributed by atoms with Crippen LogP contribution < -0.4 is 10.2 Å². The first-order chi connectivity index (χ1) is 13.9. The molecule has 0 aliphatic heterocycles. The molecule has 0 radical (unpaired) electrons. The predicted molar refractivity (Wildman–Crippen MR) is 109 cm³/mol. The first-order valence-corrected chi connectivity index (χ1v) is 8.94. The van der Waals surface area contributed by atoms with Crippen molar-refractivity contribution in [3.05, 3.63) is 91.8 Å². The van der Waals surface area contributed by atoms with E-state index < -0.39 is 4.92 Å². The fraction of sp³-hybridized carbons (Fsp3) is 0.0526. The van der Waals surface area contributed by atoms with Gasteiger partial charge in [-0.3, -0.25) is 15.5 Å². The van der Waals surface area contributed by atoms with Crippen LogP contribution in [0, 0.1) is 15.9 Å². The topological polar surface area (TPSA) is 89.7 Å². The van der Waals surface area contributed by atoms with Crippen molar-refractivity contribution in [3.8, 4) is 5.75 Å². The number of pyridine rings is 1. The Morgan fingerprint density at radius 1 is 1.21 bits per heavy atom. The number of halogens is 3. The van der Waals surface area contributed by atoms with Crippen molar-refractivity contribution >= 4 is 40.9 Å². The summed E-state index contributed by atoms with van der Waals surface area (Å²) in [5.41, 5.74) is 3.48. The highest BCUT2D eigenvalue weighted by Gasteiger charge is 2.11. The van der Waals surface area contributed by atoms with Crippen LogP contribution in [0.1, 0.15) is 11.1 Å². The van der Waals surface area contributed by atoms with Gasteiger partial charge in [-0.15, -0.1) is 0 Å². The number of aromatic nitrogens is 1. The second kappa shape index (κ2) is 9.31. The van der Waals surface area contributed by atoms with E-state index in [1.54, 1.807) is 30.3 Å². The van der Waals surface area contributed by atoms with E-state index in [-0.39, 0.29) is 33.9 Å². The molecular weight excluding hydrogens is 422 g/mol. The summed E-state index contributed by atoms with van der Waals surface area (Å²) < 4.78 is 19.3. The Balaban J connectivity index is 1.66. The Morgan fingerprint density at radius 3 is 2.55 bits per heavy atom. The van der Waals surface area contributed by atoms with Crippen molar-refractivity contribution in [2.24, 2.45) is 5.10 Å². The van der Waals surface area contributed by atoms with Crippen molar-refractivity contribution in [3.63, 3.8) is 0 Å². The molecule has 148 valence electrons. The molecule has 2 aromatic carbocycles. The van der Waals surface area contributed by atoms with Gasteiger partial charge < -0.3 is 4.74 Å². The van der Waals surface area contributed by atoms with E-state index in [4.69, 9.17) is 27.9 Å². The number of hydrazone groups is 1. The molecule has 0 unspecified atom stereocenters. The summed E-state index contributed by atoms with van der Waals surface area (Å²) in [4.78, 5) is 13.9. The molecule has 0 saturated heterocycles. The van der Waals surface area contributed by atoms with Gasteiger partial charge in [-0.05, 0) is 29.8 Å². The summed E-state index contributed by atoms with van der Waals surface area (Å²) in [5, 5.41) is 15.1. The maximum Gasteiger partial charge on any atom is 0.287 e. The highest BCUT2D eigenvalue weighted by Crippen LogP contribution is 2.34. The molecule has 3 aromatic rings. The van der Waals surface area contributed by atoms with Crippen LogP contribution in [0.15, 0.2) is 59.8 Å². The van der Waals surface area contributed by atoms with Crippen molar-refractivity contribution in [2.75, 3.05) is 5.43 Å². The number of nitrogens with one attached hydrogen (secondary N) is 1. The number of benzene rings is 2. The minimum absolute atomic E-state index is 0.0209. The molecule has 0 spiro atoms. The number of nitrogens with zero attached hydrogens (tertiary/aromatic N) is 3. The average Bonchev–Trinajstić information content (AvgIpc) is 2.69. The van der Waals surface area contributed by atoms with Gasteiger partial charge in [0.25, 0.3) is 5.69 Å². The van der Waals surface area contributed by atoms with Gasteiger partial charge in [-0.1, -0.05) is 41.4 Å². The third-order valence-corrected chi connectivity index (χ3v) is 4.26. The van der Waals surface area contributed by atoms with Gasteiger partial charge in [0.15, 0.2) is 5.75 Å². The third kappa shape index (κ3) is 5.40. The second-order valence-electron chi connectivity index (χ2n) is 5.72. The quantitative estimate of drug-likeness (QED) is 0.302. The molecule has 7 nitrogen and oxygen atoms in total. The molecule has 1 N–H and O–H groups in total. The molecule has 0 aliphatic carbocycles. The van der Waals surface area contributed by atoms with Crippen LogP contribution in [-0.4, -0.2) is 16.1 Å². The summed E-state index contributed by atoms with van der Waals surface area (Å²) in [5.74, 6) is 0.182. The monoisotopic (exact) mass is 434 g/mol. The van der Waals surface area contributed by atoms with E-state index >= 15 is 0 Å². The molecule has 3 rings (SSSR count). The van der Waals surface area contributed by atoms with Gasteiger partial charge in [0, 0.05) is 11.6 Å². The Labute approximate surface area is 174 Å². The van der Waals surface area contributed by atoms with Crippen LogP contribution in [0.4, 0.5) is 15.9 Å². The fourth-order valence-corrected chi connectivity index (χ4v) is 2.90. The van der Waals surface area contributed by atoms with Crippen LogP contribution in [0.5, 0.6) is 5.75 Å². The van der Waals surface area contributed by atoms with E-state index in [0.29, 0.717) is 16.9 Å². The molecule has 29 heavy (non-hydrogen) atoms. The molecule has 1 heterocycles. The van der Waals surface area contributed by atoms with Gasteiger partial charge in [0.1, 0.15) is 24.4 Å². The van der Waals surface area contributed by atoms with Crippen molar-refractivity contribution < 1.29 is 14.1 Å². The van der Waals surface area contributed by atoms with Gasteiger partial charge >= 0.3 is 0 Å². The minimum atomic E-state index is -0.542. The molecule has 0 atom stereocenters. The number of rotatable bonds is 7. The first kappa shape index (κ1) is 20.5. The van der Waals surface area contributed by atoms with Crippen LogP contribution in [0.25, 0.3) is 0 Å². The number of anilines is 1. The van der Waals surface area contributed by atoms with Crippen molar-refractivity contribution in [1.82, 2.24) is 4.98 Å². The average molecular weight is 435 g/mol. The number of hydrogen-bond acceptors (Lipinski definition) is 6. The molecule has 10 heteroatoms. The lowest BCUT2D eigenvalue weighted by molar-refractivity contribution is -0.385. The van der Waals surface area contributed by atoms with Crippen LogP contribution in [0.2, 0.25) is 10.0 Å². The first-order valence-electron chi connectivity index (χ1n) is 8.19. The fourth-order valence-electron chi connectivity index (χ4n) is 2.29. The Morgan fingerprint density at radius 2 is 1.93 bits per heavy atom. The standard InChI is InChI=1S/C19H13Cl2FN4O3/c20-15-7-12(9-24-25-18-6-5-14(10-23-18)26(27)28)8-16(21)19(15)29-11-13-3-1-2-4-17(13)22/h1-10H,11H2,(H,23,25). The van der Waals surface area contributed by atoms with E-state index in [9.17, 15) is 14.5 Å². The summed E-state index contributed by atoms with van der Waals surface area (Å²) >= 11 is 12.4. The van der Waals surface area contributed by atoms with Gasteiger partial charge in [-0.2, -0.15) is 5.10 Å². The van der Waals surface area contributed by atoms with Gasteiger partial charge in [0.2, 0.25) is 0 Å². The highest BCUT2D eigenvalue weighted by molar-refractivity contribution is 6.37. The number of ether oxygens (including phenoxy) is 1. The highest BCUT2D eigenvalue weighted by atomic mass is 35.5. The molecule has 0 aliphatic rings. The lowest BCUT2D eigenvalue weighted by atomic mass is 10.2. The van der Waals surface area contributed by atoms with E-state index in [1.165, 1.54) is 24.4 Å².